The Morgan fingerprint density at radius 1 is 1.29 bits per heavy atom. The van der Waals surface area contributed by atoms with Crippen LogP contribution in [0.2, 0.25) is 5.02 Å². The first kappa shape index (κ1) is 16.1. The number of hydrogen-bond donors (Lipinski definition) is 2. The minimum Gasteiger partial charge on any atom is -0.489 e. The summed E-state index contributed by atoms with van der Waals surface area (Å²) < 4.78 is 6.51. The zero-order chi connectivity index (χ0) is 15.2. The number of nitrogens with one attached hydrogen (secondary N) is 1. The second kappa shape index (κ2) is 7.69. The zero-order valence-electron chi connectivity index (χ0n) is 11.6. The number of aliphatic hydroxyl groups excluding tert-OH is 1. The lowest BCUT2D eigenvalue weighted by molar-refractivity contribution is 0.117. The summed E-state index contributed by atoms with van der Waals surface area (Å²) >= 11 is 9.42. The molecule has 1 atom stereocenters. The van der Waals surface area contributed by atoms with Gasteiger partial charge in [-0.2, -0.15) is 0 Å². The molecule has 0 aliphatic carbocycles. The molecule has 3 nitrogen and oxygen atoms in total. The van der Waals surface area contributed by atoms with Crippen molar-refractivity contribution in [1.29, 1.82) is 0 Å². The van der Waals surface area contributed by atoms with Gasteiger partial charge in [-0.3, -0.25) is 0 Å². The van der Waals surface area contributed by atoms with Crippen LogP contribution in [0.4, 0.5) is 5.69 Å². The van der Waals surface area contributed by atoms with Crippen molar-refractivity contribution in [2.24, 2.45) is 0 Å². The fourth-order valence-electron chi connectivity index (χ4n) is 1.82. The molecule has 0 fully saturated rings. The Labute approximate surface area is 138 Å². The van der Waals surface area contributed by atoms with E-state index in [1.165, 1.54) is 0 Å². The first-order chi connectivity index (χ1) is 10.1. The van der Waals surface area contributed by atoms with E-state index in [-0.39, 0.29) is 6.61 Å². The smallest absolute Gasteiger partial charge is 0.138 e. The molecule has 0 saturated carbocycles. The van der Waals surface area contributed by atoms with E-state index >= 15 is 0 Å². The maximum absolute atomic E-state index is 9.98. The highest BCUT2D eigenvalue weighted by Crippen LogP contribution is 2.23. The lowest BCUT2D eigenvalue weighted by atomic mass is 10.2. The van der Waals surface area contributed by atoms with Crippen molar-refractivity contribution in [3.63, 3.8) is 0 Å². The highest BCUT2D eigenvalue weighted by molar-refractivity contribution is 9.10. The molecule has 2 N–H and O–H groups in total. The van der Waals surface area contributed by atoms with Gasteiger partial charge in [0.05, 0.1) is 5.02 Å². The highest BCUT2D eigenvalue weighted by atomic mass is 79.9. The Bertz CT molecular complexity index is 607. The van der Waals surface area contributed by atoms with Crippen molar-refractivity contribution in [1.82, 2.24) is 0 Å². The Morgan fingerprint density at radius 2 is 2.05 bits per heavy atom. The third-order valence-electron chi connectivity index (χ3n) is 3.00. The van der Waals surface area contributed by atoms with Crippen LogP contribution in [0.15, 0.2) is 46.9 Å². The van der Waals surface area contributed by atoms with Crippen LogP contribution in [0.5, 0.6) is 5.75 Å². The number of halogens is 2. The van der Waals surface area contributed by atoms with Gasteiger partial charge in [-0.05, 0) is 36.8 Å². The molecule has 0 aromatic heterocycles. The first-order valence-electron chi connectivity index (χ1n) is 6.61. The van der Waals surface area contributed by atoms with Crippen LogP contribution >= 0.6 is 27.5 Å². The molecule has 0 aliphatic heterocycles. The fourth-order valence-corrected chi connectivity index (χ4v) is 2.37. The molecule has 0 aliphatic rings. The van der Waals surface area contributed by atoms with E-state index < -0.39 is 6.10 Å². The van der Waals surface area contributed by atoms with E-state index in [1.807, 2.05) is 37.3 Å². The predicted molar refractivity (Wildman–Crippen MR) is 90.3 cm³/mol. The summed E-state index contributed by atoms with van der Waals surface area (Å²) in [5, 5.41) is 13.7. The Morgan fingerprint density at radius 3 is 2.81 bits per heavy atom. The molecule has 5 heteroatoms. The van der Waals surface area contributed by atoms with Crippen LogP contribution in [-0.2, 0) is 0 Å². The van der Waals surface area contributed by atoms with Crippen LogP contribution in [0.3, 0.4) is 0 Å². The molecule has 0 saturated heterocycles. The molecule has 2 aromatic carbocycles. The van der Waals surface area contributed by atoms with Gasteiger partial charge in [-0.1, -0.05) is 45.7 Å². The van der Waals surface area contributed by atoms with E-state index in [1.54, 1.807) is 12.1 Å². The average Bonchev–Trinajstić information content (AvgIpc) is 2.47. The van der Waals surface area contributed by atoms with Gasteiger partial charge in [0.25, 0.3) is 0 Å². The number of hydrogen-bond acceptors (Lipinski definition) is 3. The molecule has 0 heterocycles. The van der Waals surface area contributed by atoms with Crippen molar-refractivity contribution in [2.75, 3.05) is 18.5 Å². The minimum atomic E-state index is -0.625. The highest BCUT2D eigenvalue weighted by Gasteiger charge is 2.08. The number of anilines is 1. The largest absolute Gasteiger partial charge is 0.489 e. The average molecular weight is 371 g/mol. The summed E-state index contributed by atoms with van der Waals surface area (Å²) in [6, 6.07) is 13.2. The molecule has 0 spiro atoms. The van der Waals surface area contributed by atoms with Gasteiger partial charge in [0.2, 0.25) is 0 Å². The van der Waals surface area contributed by atoms with Gasteiger partial charge in [-0.25, -0.2) is 0 Å². The fraction of sp³-hybridized carbons (Fsp3) is 0.250. The van der Waals surface area contributed by atoms with Gasteiger partial charge in [-0.15, -0.1) is 0 Å². The van der Waals surface area contributed by atoms with Crippen LogP contribution in [0.1, 0.15) is 5.56 Å². The van der Waals surface area contributed by atoms with Gasteiger partial charge in [0, 0.05) is 16.7 Å². The number of rotatable bonds is 6. The number of aliphatic hydroxyl groups is 1. The standard InChI is InChI=1S/C16H17BrClNO2/c1-11-6-7-12(17)8-15(11)19-9-13(20)10-21-16-5-3-2-4-14(16)18/h2-8,13,19-20H,9-10H2,1H3. The lowest BCUT2D eigenvalue weighted by Gasteiger charge is -2.16. The molecular weight excluding hydrogens is 354 g/mol. The molecule has 0 radical (unpaired) electrons. The quantitative estimate of drug-likeness (QED) is 0.798. The lowest BCUT2D eigenvalue weighted by Crippen LogP contribution is -2.26. The van der Waals surface area contributed by atoms with Gasteiger partial charge >= 0.3 is 0 Å². The molecule has 21 heavy (non-hydrogen) atoms. The van der Waals surface area contributed by atoms with E-state index in [0.29, 0.717) is 17.3 Å². The number of benzene rings is 2. The van der Waals surface area contributed by atoms with Crippen molar-refractivity contribution in [3.8, 4) is 5.75 Å². The molecule has 2 rings (SSSR count). The Balaban J connectivity index is 1.84. The summed E-state index contributed by atoms with van der Waals surface area (Å²) in [7, 11) is 0. The van der Waals surface area contributed by atoms with Gasteiger partial charge in [0.1, 0.15) is 18.5 Å². The summed E-state index contributed by atoms with van der Waals surface area (Å²) in [4.78, 5) is 0. The third-order valence-corrected chi connectivity index (χ3v) is 3.80. The molecule has 0 bridgehead atoms. The second-order valence-corrected chi connectivity index (χ2v) is 6.06. The minimum absolute atomic E-state index is 0.184. The van der Waals surface area contributed by atoms with E-state index in [9.17, 15) is 5.11 Å². The number of para-hydroxylation sites is 1. The van der Waals surface area contributed by atoms with E-state index in [0.717, 1.165) is 15.7 Å². The molecule has 112 valence electrons. The summed E-state index contributed by atoms with van der Waals surface area (Å²) in [5.74, 6) is 0.580. The maximum atomic E-state index is 9.98. The molecule has 0 amide bonds. The van der Waals surface area contributed by atoms with E-state index in [4.69, 9.17) is 16.3 Å². The Kier molecular flexibility index (Phi) is 5.91. The predicted octanol–water partition coefficient (Wildman–Crippen LogP) is 4.26. The normalized spacial score (nSPS) is 12.0. The third kappa shape index (κ3) is 4.92. The van der Waals surface area contributed by atoms with Crippen LogP contribution in [0, 0.1) is 6.92 Å². The number of aryl methyl sites for hydroxylation is 1. The molecule has 1 unspecified atom stereocenters. The van der Waals surface area contributed by atoms with Gasteiger partial charge < -0.3 is 15.2 Å². The number of ether oxygens (including phenoxy) is 1. The zero-order valence-corrected chi connectivity index (χ0v) is 14.0. The SMILES string of the molecule is Cc1ccc(Br)cc1NCC(O)COc1ccccc1Cl. The first-order valence-corrected chi connectivity index (χ1v) is 7.79. The second-order valence-electron chi connectivity index (χ2n) is 4.74. The summed E-state index contributed by atoms with van der Waals surface area (Å²) in [6.07, 6.45) is -0.625. The molecular formula is C16H17BrClNO2. The van der Waals surface area contributed by atoms with Gasteiger partial charge in [0.15, 0.2) is 0 Å². The summed E-state index contributed by atoms with van der Waals surface area (Å²) in [6.45, 7) is 2.60. The van der Waals surface area contributed by atoms with Crippen LogP contribution in [-0.4, -0.2) is 24.4 Å². The topological polar surface area (TPSA) is 41.5 Å². The Hall–Kier alpha value is -1.23. The monoisotopic (exact) mass is 369 g/mol. The molecule has 2 aromatic rings. The van der Waals surface area contributed by atoms with Crippen molar-refractivity contribution in [2.45, 2.75) is 13.0 Å². The van der Waals surface area contributed by atoms with E-state index in [2.05, 4.69) is 21.2 Å². The maximum Gasteiger partial charge on any atom is 0.138 e. The van der Waals surface area contributed by atoms with Crippen molar-refractivity contribution >= 4 is 33.2 Å². The van der Waals surface area contributed by atoms with Crippen molar-refractivity contribution in [3.05, 3.63) is 57.5 Å². The van der Waals surface area contributed by atoms with Crippen molar-refractivity contribution < 1.29 is 9.84 Å². The van der Waals surface area contributed by atoms with Crippen LogP contribution in [0.25, 0.3) is 0 Å². The van der Waals surface area contributed by atoms with Crippen LogP contribution < -0.4 is 10.1 Å². The summed E-state index contributed by atoms with van der Waals surface area (Å²) in [5.41, 5.74) is 2.11.